The molecule has 24 heavy (non-hydrogen) atoms. The fourth-order valence-corrected chi connectivity index (χ4v) is 4.79. The molecule has 7 nitrogen and oxygen atoms in total. The number of anilines is 1. The summed E-state index contributed by atoms with van der Waals surface area (Å²) in [5, 5.41) is 0.561. The van der Waals surface area contributed by atoms with Crippen LogP contribution in [0.2, 0.25) is 0 Å². The van der Waals surface area contributed by atoms with Crippen LogP contribution in [0.1, 0.15) is 4.88 Å². The Balaban J connectivity index is 1.62. The van der Waals surface area contributed by atoms with E-state index in [4.69, 9.17) is 10.5 Å². The predicted molar refractivity (Wildman–Crippen MR) is 93.6 cm³/mol. The molecule has 130 valence electrons. The Bertz CT molecular complexity index is 781. The number of piperazine rings is 1. The monoisotopic (exact) mass is 368 g/mol. The number of ether oxygens (including phenoxy) is 1. The minimum absolute atomic E-state index is 0.298. The summed E-state index contributed by atoms with van der Waals surface area (Å²) in [5.41, 5.74) is 5.64. The van der Waals surface area contributed by atoms with Crippen molar-refractivity contribution in [2.75, 3.05) is 39.0 Å². The van der Waals surface area contributed by atoms with E-state index in [1.165, 1.54) is 15.6 Å². The number of sulfonamides is 1. The number of hydrogen-bond donors (Lipinski definition) is 1. The van der Waals surface area contributed by atoms with Gasteiger partial charge in [-0.1, -0.05) is 0 Å². The van der Waals surface area contributed by atoms with Gasteiger partial charge >= 0.3 is 0 Å². The molecule has 1 fully saturated rings. The molecule has 9 heteroatoms. The summed E-state index contributed by atoms with van der Waals surface area (Å²) in [6, 6.07) is 6.50. The number of aromatic nitrogens is 1. The third kappa shape index (κ3) is 3.69. The second kappa shape index (κ2) is 7.06. The van der Waals surface area contributed by atoms with E-state index in [1.807, 2.05) is 0 Å². The minimum atomic E-state index is -3.46. The first kappa shape index (κ1) is 17.2. The highest BCUT2D eigenvalue weighted by Crippen LogP contribution is 2.22. The molecule has 0 unspecified atom stereocenters. The van der Waals surface area contributed by atoms with Crippen LogP contribution < -0.4 is 10.5 Å². The van der Waals surface area contributed by atoms with Crippen LogP contribution in [-0.2, 0) is 16.6 Å². The van der Waals surface area contributed by atoms with E-state index >= 15 is 0 Å². The van der Waals surface area contributed by atoms with E-state index in [1.54, 1.807) is 37.6 Å². The van der Waals surface area contributed by atoms with Gasteiger partial charge in [0.2, 0.25) is 10.0 Å². The summed E-state index contributed by atoms with van der Waals surface area (Å²) in [7, 11) is -1.90. The number of nitrogen functional groups attached to an aromatic ring is 1. The molecule has 0 atom stereocenters. The number of benzene rings is 1. The molecule has 0 amide bonds. The maximum Gasteiger partial charge on any atom is 0.243 e. The number of hydrogen-bond acceptors (Lipinski definition) is 7. The molecular weight excluding hydrogens is 348 g/mol. The molecule has 0 bridgehead atoms. The number of thiazole rings is 1. The van der Waals surface area contributed by atoms with Crippen molar-refractivity contribution in [2.24, 2.45) is 0 Å². The quantitative estimate of drug-likeness (QED) is 0.854. The van der Waals surface area contributed by atoms with Gasteiger partial charge in [0.25, 0.3) is 0 Å². The van der Waals surface area contributed by atoms with Crippen molar-refractivity contribution in [3.8, 4) is 5.75 Å². The Labute approximate surface area is 145 Å². The molecule has 3 rings (SSSR count). The van der Waals surface area contributed by atoms with Gasteiger partial charge in [-0.05, 0) is 24.3 Å². The maximum absolute atomic E-state index is 12.7. The standard InChI is InChI=1S/C15H20N4O3S2/c1-22-12-2-4-14(5-3-12)24(20,21)19-8-6-18(7-9-19)11-13-10-17-15(16)23-13/h2-5,10H,6-9,11H2,1H3,(H2,16,17). The molecule has 0 aliphatic carbocycles. The van der Waals surface area contributed by atoms with Gasteiger partial charge in [-0.3, -0.25) is 4.90 Å². The molecule has 2 heterocycles. The molecule has 1 saturated heterocycles. The van der Waals surface area contributed by atoms with Gasteiger partial charge in [-0.2, -0.15) is 4.31 Å². The van der Waals surface area contributed by atoms with E-state index in [2.05, 4.69) is 9.88 Å². The maximum atomic E-state index is 12.7. The zero-order valence-electron chi connectivity index (χ0n) is 13.4. The molecule has 0 radical (unpaired) electrons. The summed E-state index contributed by atoms with van der Waals surface area (Å²) >= 11 is 1.47. The third-order valence-electron chi connectivity index (χ3n) is 3.98. The van der Waals surface area contributed by atoms with Crippen molar-refractivity contribution in [2.45, 2.75) is 11.4 Å². The second-order valence-electron chi connectivity index (χ2n) is 5.52. The second-order valence-corrected chi connectivity index (χ2v) is 8.61. The van der Waals surface area contributed by atoms with Crippen molar-refractivity contribution in [1.29, 1.82) is 0 Å². The normalized spacial score (nSPS) is 17.0. The van der Waals surface area contributed by atoms with Crippen LogP contribution in [0.5, 0.6) is 5.75 Å². The summed E-state index contributed by atoms with van der Waals surface area (Å²) in [6.07, 6.45) is 1.78. The highest BCUT2D eigenvalue weighted by molar-refractivity contribution is 7.89. The fraction of sp³-hybridized carbons (Fsp3) is 0.400. The van der Waals surface area contributed by atoms with Gasteiger partial charge in [0, 0.05) is 43.8 Å². The SMILES string of the molecule is COc1ccc(S(=O)(=O)N2CCN(Cc3cnc(N)s3)CC2)cc1. The lowest BCUT2D eigenvalue weighted by Crippen LogP contribution is -2.48. The van der Waals surface area contributed by atoms with Crippen LogP contribution in [0.25, 0.3) is 0 Å². The van der Waals surface area contributed by atoms with E-state index < -0.39 is 10.0 Å². The average Bonchev–Trinajstić information content (AvgIpc) is 3.00. The van der Waals surface area contributed by atoms with E-state index in [0.29, 0.717) is 42.0 Å². The molecular formula is C15H20N4O3S2. The topological polar surface area (TPSA) is 88.8 Å². The largest absolute Gasteiger partial charge is 0.497 e. The Morgan fingerprint density at radius 2 is 1.88 bits per heavy atom. The number of methoxy groups -OCH3 is 1. The smallest absolute Gasteiger partial charge is 0.243 e. The van der Waals surface area contributed by atoms with Gasteiger partial charge in [0.1, 0.15) is 5.75 Å². The number of rotatable bonds is 5. The molecule has 0 spiro atoms. The van der Waals surface area contributed by atoms with E-state index in [9.17, 15) is 8.42 Å². The van der Waals surface area contributed by atoms with Crippen LogP contribution in [0.4, 0.5) is 5.13 Å². The van der Waals surface area contributed by atoms with Gasteiger partial charge in [0.15, 0.2) is 5.13 Å². The summed E-state index contributed by atoms with van der Waals surface area (Å²) in [6.45, 7) is 3.08. The van der Waals surface area contributed by atoms with Crippen molar-refractivity contribution in [3.05, 3.63) is 35.3 Å². The first-order chi connectivity index (χ1) is 11.5. The molecule has 0 saturated carbocycles. The summed E-state index contributed by atoms with van der Waals surface area (Å²) in [4.78, 5) is 7.65. The van der Waals surface area contributed by atoms with Crippen molar-refractivity contribution < 1.29 is 13.2 Å². The Hall–Kier alpha value is -1.68. The van der Waals surface area contributed by atoms with Crippen LogP contribution in [0.15, 0.2) is 35.4 Å². The highest BCUT2D eigenvalue weighted by atomic mass is 32.2. The summed E-state index contributed by atoms with van der Waals surface area (Å²) < 4.78 is 32.0. The lowest BCUT2D eigenvalue weighted by molar-refractivity contribution is 0.183. The third-order valence-corrected chi connectivity index (χ3v) is 6.70. The van der Waals surface area contributed by atoms with Crippen LogP contribution >= 0.6 is 11.3 Å². The van der Waals surface area contributed by atoms with Crippen LogP contribution in [0.3, 0.4) is 0 Å². The predicted octanol–water partition coefficient (Wildman–Crippen LogP) is 1.24. The van der Waals surface area contributed by atoms with Gasteiger partial charge in [-0.15, -0.1) is 11.3 Å². The molecule has 1 aromatic heterocycles. The molecule has 2 N–H and O–H groups in total. The van der Waals surface area contributed by atoms with E-state index in [-0.39, 0.29) is 0 Å². The molecule has 1 aliphatic heterocycles. The first-order valence-corrected chi connectivity index (χ1v) is 9.81. The fourth-order valence-electron chi connectivity index (χ4n) is 2.64. The van der Waals surface area contributed by atoms with Crippen molar-refractivity contribution in [3.63, 3.8) is 0 Å². The van der Waals surface area contributed by atoms with Crippen LogP contribution in [-0.4, -0.2) is 55.9 Å². The number of nitrogens with two attached hydrogens (primary N) is 1. The Morgan fingerprint density at radius 3 is 2.42 bits per heavy atom. The molecule has 1 aromatic carbocycles. The zero-order valence-corrected chi connectivity index (χ0v) is 15.0. The average molecular weight is 368 g/mol. The lowest BCUT2D eigenvalue weighted by Gasteiger charge is -2.33. The zero-order chi connectivity index (χ0) is 17.2. The Morgan fingerprint density at radius 1 is 1.21 bits per heavy atom. The van der Waals surface area contributed by atoms with E-state index in [0.717, 1.165) is 11.4 Å². The van der Waals surface area contributed by atoms with Gasteiger partial charge in [-0.25, -0.2) is 13.4 Å². The first-order valence-electron chi connectivity index (χ1n) is 7.56. The number of nitrogens with zero attached hydrogens (tertiary/aromatic N) is 3. The Kier molecular flexibility index (Phi) is 5.04. The van der Waals surface area contributed by atoms with Crippen LogP contribution in [0, 0.1) is 0 Å². The highest BCUT2D eigenvalue weighted by Gasteiger charge is 2.28. The minimum Gasteiger partial charge on any atom is -0.497 e. The van der Waals surface area contributed by atoms with Gasteiger partial charge < -0.3 is 10.5 Å². The van der Waals surface area contributed by atoms with Gasteiger partial charge in [0.05, 0.1) is 12.0 Å². The van der Waals surface area contributed by atoms with Crippen molar-refractivity contribution in [1.82, 2.24) is 14.2 Å². The molecule has 2 aromatic rings. The van der Waals surface area contributed by atoms with Crippen molar-refractivity contribution >= 4 is 26.5 Å². The summed E-state index contributed by atoms with van der Waals surface area (Å²) in [5.74, 6) is 0.641. The molecule has 1 aliphatic rings. The lowest BCUT2D eigenvalue weighted by atomic mass is 10.3.